The van der Waals surface area contributed by atoms with E-state index >= 15 is 0 Å². The lowest BCUT2D eigenvalue weighted by molar-refractivity contribution is 0.392. The molecule has 24 heavy (non-hydrogen) atoms. The molecule has 1 unspecified atom stereocenters. The summed E-state index contributed by atoms with van der Waals surface area (Å²) in [4.78, 5) is 10.4. The van der Waals surface area contributed by atoms with E-state index in [1.54, 1.807) is 6.07 Å². The third kappa shape index (κ3) is 2.92. The van der Waals surface area contributed by atoms with Gasteiger partial charge in [0.2, 0.25) is 0 Å². The number of hydrogen-bond acceptors (Lipinski definition) is 2. The van der Waals surface area contributed by atoms with E-state index in [4.69, 9.17) is 4.52 Å². The lowest BCUT2D eigenvalue weighted by Crippen LogP contribution is -2.22. The molecule has 128 valence electrons. The minimum absolute atomic E-state index is 0.000894. The van der Waals surface area contributed by atoms with E-state index in [0.717, 1.165) is 16.7 Å². The lowest BCUT2D eigenvalue weighted by atomic mass is 9.84. The predicted molar refractivity (Wildman–Crippen MR) is 99.4 cm³/mol. The van der Waals surface area contributed by atoms with Crippen LogP contribution in [0.3, 0.4) is 0 Å². The summed E-state index contributed by atoms with van der Waals surface area (Å²) in [5, 5.41) is 0.397. The zero-order valence-electron chi connectivity index (χ0n) is 15.2. The SMILES string of the molecule is CC(C)(C)c1ccc2c(c1)-c1ccc(C(C)(C)C)cc1P(=O)(O)O2. The van der Waals surface area contributed by atoms with Crippen molar-refractivity contribution >= 4 is 12.9 Å². The summed E-state index contributed by atoms with van der Waals surface area (Å²) in [6.45, 7) is 12.7. The van der Waals surface area contributed by atoms with E-state index in [9.17, 15) is 9.46 Å². The molecule has 2 aromatic rings. The second kappa shape index (κ2) is 5.21. The molecule has 0 saturated heterocycles. The van der Waals surface area contributed by atoms with Crippen molar-refractivity contribution in [3.63, 3.8) is 0 Å². The largest absolute Gasteiger partial charge is 0.421 e. The van der Waals surface area contributed by atoms with E-state index in [0.29, 0.717) is 11.1 Å². The quantitative estimate of drug-likeness (QED) is 0.672. The molecule has 2 aromatic carbocycles. The lowest BCUT2D eigenvalue weighted by Gasteiger charge is -2.29. The molecular formula is C20H25O3P. The Labute approximate surface area is 144 Å². The van der Waals surface area contributed by atoms with Gasteiger partial charge in [-0.25, -0.2) is 4.57 Å². The Morgan fingerprint density at radius 1 is 0.833 bits per heavy atom. The number of hydrogen-bond donors (Lipinski definition) is 1. The van der Waals surface area contributed by atoms with Gasteiger partial charge in [0.1, 0.15) is 5.75 Å². The van der Waals surface area contributed by atoms with Crippen molar-refractivity contribution in [2.75, 3.05) is 0 Å². The maximum absolute atomic E-state index is 12.7. The molecule has 3 rings (SSSR count). The fraction of sp³-hybridized carbons (Fsp3) is 0.400. The van der Waals surface area contributed by atoms with Crippen LogP contribution in [0.15, 0.2) is 36.4 Å². The molecule has 3 nitrogen and oxygen atoms in total. The van der Waals surface area contributed by atoms with Crippen LogP contribution in [0.4, 0.5) is 0 Å². The first-order valence-corrected chi connectivity index (χ1v) is 9.80. The Hall–Kier alpha value is -1.57. The van der Waals surface area contributed by atoms with E-state index < -0.39 is 7.60 Å². The van der Waals surface area contributed by atoms with Crippen LogP contribution >= 0.6 is 7.60 Å². The minimum Gasteiger partial charge on any atom is -0.421 e. The first-order chi connectivity index (χ1) is 10.9. The van der Waals surface area contributed by atoms with Crippen molar-refractivity contribution in [3.05, 3.63) is 47.5 Å². The molecule has 1 aliphatic heterocycles. The van der Waals surface area contributed by atoms with Gasteiger partial charge in [0.25, 0.3) is 0 Å². The van der Waals surface area contributed by atoms with Crippen LogP contribution in [-0.4, -0.2) is 4.89 Å². The summed E-state index contributed by atoms with van der Waals surface area (Å²) >= 11 is 0. The number of fused-ring (bicyclic) bond motifs is 3. The Morgan fingerprint density at radius 2 is 1.38 bits per heavy atom. The second-order valence-corrected chi connectivity index (χ2v) is 10.3. The highest BCUT2D eigenvalue weighted by Gasteiger charge is 2.36. The standard InChI is InChI=1S/C20H25O3P/c1-19(2,3)13-8-10-17-16(11-13)15-9-7-14(20(4,5)6)12-18(15)24(21,22)23-17/h7-12H,1-6H3,(H,21,22). The van der Waals surface area contributed by atoms with E-state index in [1.165, 1.54) is 5.56 Å². The van der Waals surface area contributed by atoms with Gasteiger partial charge in [-0.05, 0) is 40.2 Å². The van der Waals surface area contributed by atoms with Crippen LogP contribution in [0.25, 0.3) is 11.1 Å². The summed E-state index contributed by atoms with van der Waals surface area (Å²) in [5.74, 6) is 0.477. The van der Waals surface area contributed by atoms with Gasteiger partial charge in [0.05, 0.1) is 5.30 Å². The third-order valence-electron chi connectivity index (χ3n) is 4.53. The number of rotatable bonds is 0. The summed E-state index contributed by atoms with van der Waals surface area (Å²) in [6, 6.07) is 11.7. The fourth-order valence-electron chi connectivity index (χ4n) is 2.93. The average Bonchev–Trinajstić information content (AvgIpc) is 2.44. The van der Waals surface area contributed by atoms with Crippen molar-refractivity contribution in [2.24, 2.45) is 0 Å². The Balaban J connectivity index is 2.26. The summed E-state index contributed by atoms with van der Waals surface area (Å²) in [6.07, 6.45) is 0. The van der Waals surface area contributed by atoms with E-state index in [1.807, 2.05) is 24.3 Å². The highest BCUT2D eigenvalue weighted by molar-refractivity contribution is 7.62. The first kappa shape index (κ1) is 17.3. The monoisotopic (exact) mass is 344 g/mol. The predicted octanol–water partition coefficient (Wildman–Crippen LogP) is 5.15. The number of benzene rings is 2. The maximum atomic E-state index is 12.7. The van der Waals surface area contributed by atoms with Crippen LogP contribution in [0.5, 0.6) is 5.75 Å². The van der Waals surface area contributed by atoms with Gasteiger partial charge in [-0.3, -0.25) is 0 Å². The molecule has 0 aromatic heterocycles. The third-order valence-corrected chi connectivity index (χ3v) is 5.95. The molecule has 0 fully saturated rings. The van der Waals surface area contributed by atoms with Crippen LogP contribution in [0.2, 0.25) is 0 Å². The molecule has 1 aliphatic rings. The van der Waals surface area contributed by atoms with E-state index in [-0.39, 0.29) is 10.8 Å². The minimum atomic E-state index is -3.86. The van der Waals surface area contributed by atoms with Crippen molar-refractivity contribution in [1.29, 1.82) is 0 Å². The molecule has 0 aliphatic carbocycles. The first-order valence-electron chi connectivity index (χ1n) is 8.22. The van der Waals surface area contributed by atoms with Gasteiger partial charge in [0, 0.05) is 11.1 Å². The van der Waals surface area contributed by atoms with Crippen LogP contribution in [0, 0.1) is 0 Å². The molecule has 0 saturated carbocycles. The average molecular weight is 344 g/mol. The second-order valence-electron chi connectivity index (χ2n) is 8.55. The summed E-state index contributed by atoms with van der Waals surface area (Å²) in [5.41, 5.74) is 3.78. The molecule has 0 spiro atoms. The molecule has 0 bridgehead atoms. The Morgan fingerprint density at radius 3 is 1.96 bits per heavy atom. The highest BCUT2D eigenvalue weighted by atomic mass is 31.2. The highest BCUT2D eigenvalue weighted by Crippen LogP contribution is 2.52. The topological polar surface area (TPSA) is 46.5 Å². The van der Waals surface area contributed by atoms with Crippen LogP contribution in [0.1, 0.15) is 52.7 Å². The smallest absolute Gasteiger partial charge is 0.408 e. The Kier molecular flexibility index (Phi) is 3.75. The van der Waals surface area contributed by atoms with Gasteiger partial charge in [-0.15, -0.1) is 0 Å². The Bertz CT molecular complexity index is 854. The summed E-state index contributed by atoms with van der Waals surface area (Å²) < 4.78 is 18.2. The van der Waals surface area contributed by atoms with Gasteiger partial charge in [-0.1, -0.05) is 59.7 Å². The fourth-order valence-corrected chi connectivity index (χ4v) is 4.25. The molecule has 0 amide bonds. The van der Waals surface area contributed by atoms with Crippen molar-refractivity contribution < 1.29 is 14.0 Å². The van der Waals surface area contributed by atoms with Gasteiger partial charge < -0.3 is 9.42 Å². The normalized spacial score (nSPS) is 20.1. The molecular weight excluding hydrogens is 319 g/mol. The van der Waals surface area contributed by atoms with Gasteiger partial charge in [-0.2, -0.15) is 0 Å². The zero-order chi connectivity index (χ0) is 17.9. The zero-order valence-corrected chi connectivity index (χ0v) is 16.1. The molecule has 1 heterocycles. The maximum Gasteiger partial charge on any atom is 0.408 e. The molecule has 0 radical (unpaired) electrons. The van der Waals surface area contributed by atoms with Crippen LogP contribution < -0.4 is 9.83 Å². The summed E-state index contributed by atoms with van der Waals surface area (Å²) in [7, 11) is -3.86. The van der Waals surface area contributed by atoms with Crippen molar-refractivity contribution in [3.8, 4) is 16.9 Å². The molecule has 4 heteroatoms. The van der Waals surface area contributed by atoms with Crippen molar-refractivity contribution in [2.45, 2.75) is 52.4 Å². The van der Waals surface area contributed by atoms with E-state index in [2.05, 4.69) is 47.6 Å². The molecule has 1 N–H and O–H groups in total. The molecule has 1 atom stereocenters. The van der Waals surface area contributed by atoms with Gasteiger partial charge >= 0.3 is 7.60 Å². The van der Waals surface area contributed by atoms with Crippen molar-refractivity contribution in [1.82, 2.24) is 0 Å². The van der Waals surface area contributed by atoms with Gasteiger partial charge in [0.15, 0.2) is 0 Å². The van der Waals surface area contributed by atoms with Crippen LogP contribution in [-0.2, 0) is 15.4 Å².